The predicted octanol–water partition coefficient (Wildman–Crippen LogP) is 5.17. The molecule has 0 spiro atoms. The molecule has 0 amide bonds. The van der Waals surface area contributed by atoms with Gasteiger partial charge in [-0.15, -0.1) is 0 Å². The topological polar surface area (TPSA) is 18.5 Å². The third-order valence-electron chi connectivity index (χ3n) is 3.99. The molecule has 0 aliphatic heterocycles. The molecule has 0 atom stereocenters. The number of unbranched alkanes of at least 4 members (excludes halogenated alkanes) is 3. The van der Waals surface area contributed by atoms with Crippen LogP contribution in [0.3, 0.4) is 0 Å². The number of rotatable bonds is 9. The SMILES string of the molecule is CO[Si](C)(CCCCCCc1ccc(C(F)(F)F)cc1)OC. The number of hydrogen-bond acceptors (Lipinski definition) is 2. The Morgan fingerprint density at radius 3 is 1.95 bits per heavy atom. The Balaban J connectivity index is 2.23. The molecule has 22 heavy (non-hydrogen) atoms. The lowest BCUT2D eigenvalue weighted by atomic mass is 10.0. The molecule has 0 aliphatic rings. The second-order valence-corrected chi connectivity index (χ2v) is 9.24. The number of alkyl halides is 3. The van der Waals surface area contributed by atoms with E-state index in [1.165, 1.54) is 0 Å². The van der Waals surface area contributed by atoms with Crippen LogP contribution in [0.5, 0.6) is 0 Å². The summed E-state index contributed by atoms with van der Waals surface area (Å²) in [5.74, 6) is 0. The van der Waals surface area contributed by atoms with Crippen molar-refractivity contribution >= 4 is 8.56 Å². The summed E-state index contributed by atoms with van der Waals surface area (Å²) in [6, 6.07) is 6.43. The lowest BCUT2D eigenvalue weighted by molar-refractivity contribution is -0.137. The van der Waals surface area contributed by atoms with Gasteiger partial charge < -0.3 is 8.85 Å². The Hall–Kier alpha value is -0.853. The first kappa shape index (κ1) is 19.2. The van der Waals surface area contributed by atoms with Crippen molar-refractivity contribution in [2.45, 2.75) is 50.9 Å². The van der Waals surface area contributed by atoms with E-state index in [1.807, 2.05) is 0 Å². The molecule has 0 bridgehead atoms. The quantitative estimate of drug-likeness (QED) is 0.458. The van der Waals surface area contributed by atoms with Gasteiger partial charge in [-0.2, -0.15) is 13.2 Å². The first-order valence-corrected chi connectivity index (χ1v) is 10.1. The summed E-state index contributed by atoms with van der Waals surface area (Å²) in [6.45, 7) is 2.05. The number of hydrogen-bond donors (Lipinski definition) is 0. The molecule has 0 aromatic heterocycles. The van der Waals surface area contributed by atoms with E-state index < -0.39 is 20.3 Å². The van der Waals surface area contributed by atoms with Crippen molar-refractivity contribution in [3.8, 4) is 0 Å². The van der Waals surface area contributed by atoms with Gasteiger partial charge in [-0.25, -0.2) is 0 Å². The van der Waals surface area contributed by atoms with E-state index in [-0.39, 0.29) is 0 Å². The molecule has 126 valence electrons. The molecule has 0 N–H and O–H groups in total. The summed E-state index contributed by atoms with van der Waals surface area (Å²) in [6.07, 6.45) is 0.787. The van der Waals surface area contributed by atoms with Crippen LogP contribution in [0.25, 0.3) is 0 Å². The second kappa shape index (κ2) is 8.69. The van der Waals surface area contributed by atoms with Gasteiger partial charge in [-0.3, -0.25) is 0 Å². The van der Waals surface area contributed by atoms with Crippen LogP contribution in [0.2, 0.25) is 12.6 Å². The van der Waals surface area contributed by atoms with Crippen molar-refractivity contribution in [3.05, 3.63) is 35.4 Å². The number of aryl methyl sites for hydroxylation is 1. The van der Waals surface area contributed by atoms with Gasteiger partial charge in [0.2, 0.25) is 0 Å². The smallest absolute Gasteiger partial charge is 0.398 e. The Bertz CT molecular complexity index is 428. The van der Waals surface area contributed by atoms with Crippen LogP contribution in [0.15, 0.2) is 24.3 Å². The Labute approximate surface area is 131 Å². The van der Waals surface area contributed by atoms with Gasteiger partial charge in [-0.1, -0.05) is 31.4 Å². The van der Waals surface area contributed by atoms with Crippen LogP contribution >= 0.6 is 0 Å². The highest BCUT2D eigenvalue weighted by atomic mass is 28.4. The third-order valence-corrected chi connectivity index (χ3v) is 6.98. The van der Waals surface area contributed by atoms with Crippen LogP contribution in [0.4, 0.5) is 13.2 Å². The minimum Gasteiger partial charge on any atom is -0.398 e. The molecule has 6 heteroatoms. The molecule has 0 fully saturated rings. The molecule has 0 aliphatic carbocycles. The number of benzene rings is 1. The summed E-state index contributed by atoms with van der Waals surface area (Å²) in [5, 5.41) is 0. The lowest BCUT2D eigenvalue weighted by Gasteiger charge is -2.22. The molecule has 0 radical (unpaired) electrons. The maximum Gasteiger partial charge on any atom is 0.416 e. The van der Waals surface area contributed by atoms with Gasteiger partial charge >= 0.3 is 14.7 Å². The van der Waals surface area contributed by atoms with E-state index in [0.717, 1.165) is 55.8 Å². The Morgan fingerprint density at radius 2 is 1.45 bits per heavy atom. The van der Waals surface area contributed by atoms with Gasteiger partial charge in [0, 0.05) is 14.2 Å². The van der Waals surface area contributed by atoms with Crippen LogP contribution in [-0.4, -0.2) is 22.8 Å². The number of halogens is 3. The van der Waals surface area contributed by atoms with E-state index >= 15 is 0 Å². The molecule has 0 heterocycles. The van der Waals surface area contributed by atoms with Gasteiger partial charge in [0.1, 0.15) is 0 Å². The van der Waals surface area contributed by atoms with Crippen molar-refractivity contribution in [1.29, 1.82) is 0 Å². The Morgan fingerprint density at radius 1 is 0.909 bits per heavy atom. The summed E-state index contributed by atoms with van der Waals surface area (Å²) in [4.78, 5) is 0. The third kappa shape index (κ3) is 6.50. The molecule has 1 rings (SSSR count). The summed E-state index contributed by atoms with van der Waals surface area (Å²) < 4.78 is 48.2. The van der Waals surface area contributed by atoms with Gasteiger partial charge in [0.05, 0.1) is 5.56 Å². The van der Waals surface area contributed by atoms with Crippen molar-refractivity contribution in [2.75, 3.05) is 14.2 Å². The highest BCUT2D eigenvalue weighted by Crippen LogP contribution is 2.29. The van der Waals surface area contributed by atoms with E-state index in [1.54, 1.807) is 26.4 Å². The van der Waals surface area contributed by atoms with E-state index in [2.05, 4.69) is 6.55 Å². The predicted molar refractivity (Wildman–Crippen MR) is 84.1 cm³/mol. The fourth-order valence-electron chi connectivity index (χ4n) is 2.28. The van der Waals surface area contributed by atoms with Crippen LogP contribution < -0.4 is 0 Å². The average Bonchev–Trinajstić information content (AvgIpc) is 2.50. The molecule has 0 saturated carbocycles. The minimum atomic E-state index is -4.25. The zero-order valence-corrected chi connectivity index (χ0v) is 14.5. The molecular formula is C16H25F3O2Si. The first-order valence-electron chi connectivity index (χ1n) is 7.57. The fourth-order valence-corrected chi connectivity index (χ4v) is 3.74. The molecule has 1 aromatic carbocycles. The molecule has 2 nitrogen and oxygen atoms in total. The lowest BCUT2D eigenvalue weighted by Crippen LogP contribution is -2.35. The van der Waals surface area contributed by atoms with Crippen molar-refractivity contribution in [2.24, 2.45) is 0 Å². The van der Waals surface area contributed by atoms with Gasteiger partial charge in [0.25, 0.3) is 0 Å². The molecule has 1 aromatic rings. The van der Waals surface area contributed by atoms with Crippen LogP contribution in [0, 0.1) is 0 Å². The van der Waals surface area contributed by atoms with Crippen molar-refractivity contribution < 1.29 is 22.0 Å². The molecule has 0 unspecified atom stereocenters. The van der Waals surface area contributed by atoms with Crippen LogP contribution in [-0.2, 0) is 21.4 Å². The molecule has 0 saturated heterocycles. The maximum absolute atomic E-state index is 12.4. The molecular weight excluding hydrogens is 309 g/mol. The zero-order valence-electron chi connectivity index (χ0n) is 13.5. The average molecular weight is 334 g/mol. The van der Waals surface area contributed by atoms with Crippen molar-refractivity contribution in [3.63, 3.8) is 0 Å². The van der Waals surface area contributed by atoms with Gasteiger partial charge in [-0.05, 0) is 43.1 Å². The Kier molecular flexibility index (Phi) is 7.59. The highest BCUT2D eigenvalue weighted by Gasteiger charge is 2.30. The standard InChI is InChI=1S/C16H25F3O2Si/c1-20-22(3,21-2)13-7-5-4-6-8-14-9-11-15(12-10-14)16(17,18)19/h9-12H,4-8,13H2,1-3H3. The maximum atomic E-state index is 12.4. The van der Waals surface area contributed by atoms with Crippen molar-refractivity contribution in [1.82, 2.24) is 0 Å². The van der Waals surface area contributed by atoms with E-state index in [0.29, 0.717) is 0 Å². The zero-order chi connectivity index (χ0) is 16.6. The largest absolute Gasteiger partial charge is 0.416 e. The second-order valence-electron chi connectivity index (χ2n) is 5.65. The van der Waals surface area contributed by atoms with Crippen LogP contribution in [0.1, 0.15) is 36.8 Å². The van der Waals surface area contributed by atoms with Gasteiger partial charge in [0.15, 0.2) is 0 Å². The summed E-state index contributed by atoms with van der Waals surface area (Å²) in [7, 11) is 1.44. The fraction of sp³-hybridized carbons (Fsp3) is 0.625. The van der Waals surface area contributed by atoms with E-state index in [9.17, 15) is 13.2 Å². The summed E-state index contributed by atoms with van der Waals surface area (Å²) >= 11 is 0. The highest BCUT2D eigenvalue weighted by molar-refractivity contribution is 6.65. The minimum absolute atomic E-state index is 0.584. The first-order chi connectivity index (χ1) is 10.3. The monoisotopic (exact) mass is 334 g/mol. The normalized spacial score (nSPS) is 12.6. The summed E-state index contributed by atoms with van der Waals surface area (Å²) in [5.41, 5.74) is 0.376. The van der Waals surface area contributed by atoms with E-state index in [4.69, 9.17) is 8.85 Å².